The molecule has 8 nitrogen and oxygen atoms in total. The smallest absolute Gasteiger partial charge is 0.256 e. The molecule has 1 fully saturated rings. The van der Waals surface area contributed by atoms with Gasteiger partial charge in [-0.1, -0.05) is 30.3 Å². The van der Waals surface area contributed by atoms with E-state index in [0.29, 0.717) is 11.4 Å². The van der Waals surface area contributed by atoms with Gasteiger partial charge in [0, 0.05) is 17.3 Å². The minimum Gasteiger partial charge on any atom is -0.305 e. The van der Waals surface area contributed by atoms with E-state index in [9.17, 15) is 4.79 Å². The number of hydrogen-bond acceptors (Lipinski definition) is 6. The highest BCUT2D eigenvalue weighted by Gasteiger charge is 2.16. The third kappa shape index (κ3) is 3.35. The van der Waals surface area contributed by atoms with Crippen molar-refractivity contribution in [2.45, 2.75) is 13.1 Å². The second-order valence-corrected chi connectivity index (χ2v) is 5.99. The summed E-state index contributed by atoms with van der Waals surface area (Å²) in [7, 11) is 0. The first kappa shape index (κ1) is 16.4. The van der Waals surface area contributed by atoms with Crippen molar-refractivity contribution in [3.63, 3.8) is 0 Å². The second-order valence-electron chi connectivity index (χ2n) is 5.99. The molecule has 1 amide bonds. The van der Waals surface area contributed by atoms with Crippen molar-refractivity contribution < 1.29 is 4.79 Å². The van der Waals surface area contributed by atoms with Crippen LogP contribution in [0.15, 0.2) is 60.8 Å². The lowest BCUT2D eigenvalue weighted by atomic mass is 10.1. The van der Waals surface area contributed by atoms with Crippen LogP contribution < -0.4 is 27.2 Å². The number of aryl methyl sites for hydroxylation is 1. The SMILES string of the molecule is Cc1cn(-c2ccccc2)nc1NC(=O)c1ccc(C2NNNN2)cc1. The van der Waals surface area contributed by atoms with Gasteiger partial charge in [0.1, 0.15) is 6.17 Å². The Kier molecular flexibility index (Phi) is 4.46. The number of aromatic nitrogens is 2. The Hall–Kier alpha value is -3.04. The van der Waals surface area contributed by atoms with E-state index in [1.807, 2.05) is 55.6 Å². The van der Waals surface area contributed by atoms with Gasteiger partial charge in [-0.2, -0.15) is 11.1 Å². The van der Waals surface area contributed by atoms with Crippen molar-refractivity contribution in [1.82, 2.24) is 31.7 Å². The summed E-state index contributed by atoms with van der Waals surface area (Å²) in [6, 6.07) is 17.1. The van der Waals surface area contributed by atoms with Gasteiger partial charge in [-0.15, -0.1) is 5.10 Å². The molecule has 0 saturated carbocycles. The molecule has 0 spiro atoms. The molecule has 8 heteroatoms. The fourth-order valence-electron chi connectivity index (χ4n) is 2.72. The van der Waals surface area contributed by atoms with Crippen molar-refractivity contribution in [3.05, 3.63) is 77.5 Å². The zero-order valence-electron chi connectivity index (χ0n) is 14.2. The lowest BCUT2D eigenvalue weighted by Crippen LogP contribution is -2.33. The van der Waals surface area contributed by atoms with Crippen LogP contribution in [0.2, 0.25) is 0 Å². The summed E-state index contributed by atoms with van der Waals surface area (Å²) < 4.78 is 1.76. The number of nitrogens with one attached hydrogen (secondary N) is 5. The highest BCUT2D eigenvalue weighted by Crippen LogP contribution is 2.17. The predicted molar refractivity (Wildman–Crippen MR) is 98.0 cm³/mol. The molecule has 0 bridgehead atoms. The maximum Gasteiger partial charge on any atom is 0.256 e. The number of anilines is 1. The van der Waals surface area contributed by atoms with Gasteiger partial charge < -0.3 is 5.32 Å². The Morgan fingerprint density at radius 2 is 1.73 bits per heavy atom. The Morgan fingerprint density at radius 1 is 1.04 bits per heavy atom. The Labute approximate surface area is 150 Å². The van der Waals surface area contributed by atoms with Crippen LogP contribution in [0.5, 0.6) is 0 Å². The van der Waals surface area contributed by atoms with Gasteiger partial charge in [-0.05, 0) is 36.8 Å². The molecule has 0 unspecified atom stereocenters. The van der Waals surface area contributed by atoms with Gasteiger partial charge in [0.25, 0.3) is 5.91 Å². The number of carbonyl (C=O) groups is 1. The topological polar surface area (TPSA) is 95.0 Å². The van der Waals surface area contributed by atoms with Crippen LogP contribution in [0.1, 0.15) is 27.7 Å². The number of benzene rings is 2. The van der Waals surface area contributed by atoms with Gasteiger partial charge >= 0.3 is 0 Å². The minimum atomic E-state index is -0.193. The second kappa shape index (κ2) is 7.06. The van der Waals surface area contributed by atoms with E-state index < -0.39 is 0 Å². The Balaban J connectivity index is 1.48. The molecule has 132 valence electrons. The third-order valence-corrected chi connectivity index (χ3v) is 4.15. The highest BCUT2D eigenvalue weighted by molar-refractivity contribution is 6.04. The van der Waals surface area contributed by atoms with Crippen LogP contribution >= 0.6 is 0 Å². The van der Waals surface area contributed by atoms with Crippen molar-refractivity contribution in [2.24, 2.45) is 0 Å². The van der Waals surface area contributed by atoms with Crippen molar-refractivity contribution in [1.29, 1.82) is 0 Å². The van der Waals surface area contributed by atoms with Crippen LogP contribution in [-0.2, 0) is 0 Å². The maximum absolute atomic E-state index is 12.5. The minimum absolute atomic E-state index is 0.0593. The fourth-order valence-corrected chi connectivity index (χ4v) is 2.72. The molecule has 26 heavy (non-hydrogen) atoms. The number of nitrogens with zero attached hydrogens (tertiary/aromatic N) is 2. The van der Waals surface area contributed by atoms with Gasteiger partial charge in [-0.25, -0.2) is 15.5 Å². The van der Waals surface area contributed by atoms with Crippen molar-refractivity contribution in [3.8, 4) is 5.69 Å². The Bertz CT molecular complexity index is 899. The molecule has 4 rings (SSSR count). The molecular formula is C18H19N7O. The van der Waals surface area contributed by atoms with Crippen LogP contribution in [-0.4, -0.2) is 15.7 Å². The lowest BCUT2D eigenvalue weighted by Gasteiger charge is -2.10. The summed E-state index contributed by atoms with van der Waals surface area (Å²) >= 11 is 0. The van der Waals surface area contributed by atoms with Crippen LogP contribution in [0, 0.1) is 6.92 Å². The molecule has 1 aliphatic rings. The first-order valence-corrected chi connectivity index (χ1v) is 8.25. The number of hydrazine groups is 3. The van der Waals surface area contributed by atoms with Gasteiger partial charge in [0.2, 0.25) is 0 Å². The normalized spacial score (nSPS) is 14.5. The first-order chi connectivity index (χ1) is 12.7. The summed E-state index contributed by atoms with van der Waals surface area (Å²) in [5, 5.41) is 7.35. The van der Waals surface area contributed by atoms with Crippen molar-refractivity contribution >= 4 is 11.7 Å². The molecule has 0 aliphatic carbocycles. The summed E-state index contributed by atoms with van der Waals surface area (Å²) in [4.78, 5) is 12.5. The number of carbonyl (C=O) groups excluding carboxylic acids is 1. The van der Waals surface area contributed by atoms with Gasteiger partial charge in [0.05, 0.1) is 5.69 Å². The van der Waals surface area contributed by atoms with E-state index in [4.69, 9.17) is 0 Å². The molecule has 1 aliphatic heterocycles. The van der Waals surface area contributed by atoms with E-state index in [1.54, 1.807) is 16.8 Å². The van der Waals surface area contributed by atoms with E-state index in [0.717, 1.165) is 16.8 Å². The maximum atomic E-state index is 12.5. The molecule has 5 N–H and O–H groups in total. The quantitative estimate of drug-likeness (QED) is 0.491. The summed E-state index contributed by atoms with van der Waals surface area (Å²) in [6.07, 6.45) is 1.83. The van der Waals surface area contributed by atoms with E-state index in [2.05, 4.69) is 32.3 Å². The largest absolute Gasteiger partial charge is 0.305 e. The van der Waals surface area contributed by atoms with Crippen molar-refractivity contribution in [2.75, 3.05) is 5.32 Å². The monoisotopic (exact) mass is 349 g/mol. The zero-order chi connectivity index (χ0) is 17.9. The number of amides is 1. The zero-order valence-corrected chi connectivity index (χ0v) is 14.2. The van der Waals surface area contributed by atoms with Crippen LogP contribution in [0.3, 0.4) is 0 Å². The van der Waals surface area contributed by atoms with Crippen LogP contribution in [0.25, 0.3) is 5.69 Å². The molecular weight excluding hydrogens is 330 g/mol. The highest BCUT2D eigenvalue weighted by atomic mass is 16.1. The summed E-state index contributed by atoms with van der Waals surface area (Å²) in [5.41, 5.74) is 14.9. The van der Waals surface area contributed by atoms with E-state index in [1.165, 1.54) is 0 Å². The standard InChI is InChI=1S/C18H19N7O/c1-12-11-25(15-5-3-2-4-6-15)22-16(12)19-18(26)14-9-7-13(8-10-14)17-20-23-24-21-17/h2-11,17,20-21,23-24H,1H3,(H,19,22,26). The summed E-state index contributed by atoms with van der Waals surface area (Å²) in [6.45, 7) is 1.92. The molecule has 3 aromatic rings. The summed E-state index contributed by atoms with van der Waals surface area (Å²) in [5.74, 6) is 0.358. The molecule has 1 aromatic heterocycles. The first-order valence-electron chi connectivity index (χ1n) is 8.25. The van der Waals surface area contributed by atoms with E-state index in [-0.39, 0.29) is 12.1 Å². The fraction of sp³-hybridized carbons (Fsp3) is 0.111. The number of hydrogen-bond donors (Lipinski definition) is 5. The third-order valence-electron chi connectivity index (χ3n) is 4.15. The molecule has 2 heterocycles. The van der Waals surface area contributed by atoms with Crippen LogP contribution in [0.4, 0.5) is 5.82 Å². The average molecular weight is 349 g/mol. The molecule has 0 atom stereocenters. The molecule has 0 radical (unpaired) electrons. The van der Waals surface area contributed by atoms with E-state index >= 15 is 0 Å². The molecule has 2 aromatic carbocycles. The Morgan fingerprint density at radius 3 is 2.42 bits per heavy atom. The lowest BCUT2D eigenvalue weighted by molar-refractivity contribution is 0.102. The predicted octanol–water partition coefficient (Wildman–Crippen LogP) is 1.55. The van der Waals surface area contributed by atoms with Gasteiger partial charge in [0.15, 0.2) is 5.82 Å². The number of para-hydroxylation sites is 1. The molecule has 1 saturated heterocycles. The average Bonchev–Trinajstić information content (AvgIpc) is 3.33. The van der Waals surface area contributed by atoms with Gasteiger partial charge in [-0.3, -0.25) is 4.79 Å². The number of rotatable bonds is 4.